The number of ketones is 1. The average molecular weight is 497 g/mol. The number of rotatable bonds is 7. The van der Waals surface area contributed by atoms with Crippen molar-refractivity contribution in [3.8, 4) is 5.75 Å². The second-order valence-corrected chi connectivity index (χ2v) is 10.4. The number of hydrogen-bond acceptors (Lipinski definition) is 7. The van der Waals surface area contributed by atoms with Gasteiger partial charge in [0.2, 0.25) is 15.6 Å². The first-order valence-electron chi connectivity index (χ1n) is 10.2. The molecule has 174 valence electrons. The summed E-state index contributed by atoms with van der Waals surface area (Å²) in [7, 11) is -2.62. The highest BCUT2D eigenvalue weighted by atomic mass is 32.2. The van der Waals surface area contributed by atoms with Crippen molar-refractivity contribution in [1.29, 1.82) is 0 Å². The number of ether oxygens (including phenoxy) is 1. The smallest absolute Gasteiger partial charge is 0.211 e. The van der Waals surface area contributed by atoms with Gasteiger partial charge in [0.25, 0.3) is 0 Å². The van der Waals surface area contributed by atoms with Gasteiger partial charge in [-0.25, -0.2) is 12.8 Å². The first kappa shape index (κ1) is 23.5. The third-order valence-corrected chi connectivity index (χ3v) is 8.35. The van der Waals surface area contributed by atoms with Crippen molar-refractivity contribution < 1.29 is 22.3 Å². The molecule has 0 aliphatic carbocycles. The summed E-state index contributed by atoms with van der Waals surface area (Å²) in [6, 6.07) is 18.3. The lowest BCUT2D eigenvalue weighted by Gasteiger charge is -2.11. The summed E-state index contributed by atoms with van der Waals surface area (Å²) in [5.41, 5.74) is 7.91. The summed E-state index contributed by atoms with van der Waals surface area (Å²) in [6.45, 7) is 1.88. The van der Waals surface area contributed by atoms with Gasteiger partial charge in [0.1, 0.15) is 26.3 Å². The lowest BCUT2D eigenvalue weighted by molar-refractivity contribution is 0.104. The van der Waals surface area contributed by atoms with Crippen LogP contribution in [0.2, 0.25) is 0 Å². The van der Waals surface area contributed by atoms with Crippen LogP contribution in [0.3, 0.4) is 0 Å². The number of sulfone groups is 1. The maximum Gasteiger partial charge on any atom is 0.211 e. The van der Waals surface area contributed by atoms with Crippen LogP contribution in [0.5, 0.6) is 5.75 Å². The van der Waals surface area contributed by atoms with Crippen molar-refractivity contribution in [2.75, 3.05) is 18.2 Å². The fraction of sp³-hybridized carbons (Fsp3) is 0.0800. The van der Waals surface area contributed by atoms with Gasteiger partial charge in [-0.05, 0) is 67.1 Å². The van der Waals surface area contributed by atoms with E-state index in [1.807, 2.05) is 25.1 Å². The Bertz CT molecular complexity index is 1460. The first-order chi connectivity index (χ1) is 16.2. The standard InChI is InChI=1S/C25H21FN2O4S2/c1-15-5-3-4-6-20(15)28-25-24(34(30,31)19-13-11-18(32-2)12-14-19)21(27)23(33-25)22(29)16-7-9-17(26)10-8-16/h3-14,28H,27H2,1-2H3. The number of methoxy groups -OCH3 is 1. The third kappa shape index (κ3) is 4.40. The first-order valence-corrected chi connectivity index (χ1v) is 12.5. The molecule has 4 rings (SSSR count). The zero-order valence-corrected chi connectivity index (χ0v) is 20.0. The van der Waals surface area contributed by atoms with Crippen molar-refractivity contribution in [1.82, 2.24) is 0 Å². The number of aryl methyl sites for hydroxylation is 1. The molecule has 3 N–H and O–H groups in total. The molecule has 0 unspecified atom stereocenters. The number of nitrogen functional groups attached to an aromatic ring is 1. The van der Waals surface area contributed by atoms with E-state index < -0.39 is 21.4 Å². The summed E-state index contributed by atoms with van der Waals surface area (Å²) in [5.74, 6) is -0.477. The second-order valence-electron chi connectivity index (χ2n) is 7.46. The van der Waals surface area contributed by atoms with Crippen LogP contribution in [-0.4, -0.2) is 21.3 Å². The van der Waals surface area contributed by atoms with E-state index in [1.165, 1.54) is 55.6 Å². The molecule has 0 aliphatic heterocycles. The molecule has 1 aromatic heterocycles. The van der Waals surface area contributed by atoms with Crippen LogP contribution in [0.1, 0.15) is 20.8 Å². The molecule has 0 fully saturated rings. The predicted octanol–water partition coefficient (Wildman–Crippen LogP) is 5.59. The highest BCUT2D eigenvalue weighted by Crippen LogP contribution is 2.44. The molecule has 6 nitrogen and oxygen atoms in total. The molecule has 9 heteroatoms. The lowest BCUT2D eigenvalue weighted by Crippen LogP contribution is -2.08. The van der Waals surface area contributed by atoms with Gasteiger partial charge in [0.15, 0.2) is 0 Å². The number of hydrogen-bond donors (Lipinski definition) is 2. The van der Waals surface area contributed by atoms with Crippen molar-refractivity contribution in [3.63, 3.8) is 0 Å². The Morgan fingerprint density at radius 1 is 1.00 bits per heavy atom. The SMILES string of the molecule is COc1ccc(S(=O)(=O)c2c(Nc3ccccc3C)sc(C(=O)c3ccc(F)cc3)c2N)cc1. The zero-order valence-electron chi connectivity index (χ0n) is 18.3. The van der Waals surface area contributed by atoms with Gasteiger partial charge in [-0.1, -0.05) is 18.2 Å². The van der Waals surface area contributed by atoms with E-state index in [1.54, 1.807) is 6.07 Å². The molecule has 0 aliphatic rings. The zero-order chi connectivity index (χ0) is 24.5. The van der Waals surface area contributed by atoms with Crippen LogP contribution >= 0.6 is 11.3 Å². The monoisotopic (exact) mass is 496 g/mol. The molecule has 0 radical (unpaired) electrons. The molecule has 0 amide bonds. The van der Waals surface area contributed by atoms with Crippen LogP contribution in [0, 0.1) is 12.7 Å². The normalized spacial score (nSPS) is 11.3. The maximum absolute atomic E-state index is 13.7. The van der Waals surface area contributed by atoms with Gasteiger partial charge < -0.3 is 15.8 Å². The van der Waals surface area contributed by atoms with Crippen molar-refractivity contribution in [2.24, 2.45) is 0 Å². The molecule has 34 heavy (non-hydrogen) atoms. The maximum atomic E-state index is 13.7. The molecule has 0 saturated carbocycles. The van der Waals surface area contributed by atoms with Crippen LogP contribution in [0.15, 0.2) is 82.6 Å². The van der Waals surface area contributed by atoms with E-state index >= 15 is 0 Å². The molecule has 0 atom stereocenters. The number of carbonyl (C=O) groups is 1. The van der Waals surface area contributed by atoms with Crippen molar-refractivity contribution >= 4 is 43.3 Å². The summed E-state index contributed by atoms with van der Waals surface area (Å²) in [6.07, 6.45) is 0. The van der Waals surface area contributed by atoms with Crippen LogP contribution in [0.4, 0.5) is 20.8 Å². The summed E-state index contributed by atoms with van der Waals surface area (Å²) < 4.78 is 45.8. The quantitative estimate of drug-likeness (QED) is 0.324. The Morgan fingerprint density at radius 2 is 1.65 bits per heavy atom. The fourth-order valence-corrected chi connectivity index (χ4v) is 6.31. The number of halogens is 1. The molecule has 0 bridgehead atoms. The van der Waals surface area contributed by atoms with E-state index in [4.69, 9.17) is 10.5 Å². The fourth-order valence-electron chi connectivity index (χ4n) is 3.39. The van der Waals surface area contributed by atoms with Gasteiger partial charge in [-0.2, -0.15) is 0 Å². The largest absolute Gasteiger partial charge is 0.497 e. The third-order valence-electron chi connectivity index (χ3n) is 5.24. The number of thiophene rings is 1. The van der Waals surface area contributed by atoms with E-state index in [9.17, 15) is 17.6 Å². The van der Waals surface area contributed by atoms with E-state index in [0.717, 1.165) is 16.9 Å². The number of carbonyl (C=O) groups excluding carboxylic acids is 1. The second kappa shape index (κ2) is 9.28. The molecule has 4 aromatic rings. The van der Waals surface area contributed by atoms with E-state index in [-0.39, 0.29) is 30.9 Å². The Morgan fingerprint density at radius 3 is 2.26 bits per heavy atom. The number of benzene rings is 3. The lowest BCUT2D eigenvalue weighted by atomic mass is 10.1. The number of anilines is 3. The molecule has 1 heterocycles. The highest BCUT2D eigenvalue weighted by molar-refractivity contribution is 7.92. The topological polar surface area (TPSA) is 98.5 Å². The molecule has 0 saturated heterocycles. The van der Waals surface area contributed by atoms with Crippen LogP contribution < -0.4 is 15.8 Å². The molecule has 3 aromatic carbocycles. The van der Waals surface area contributed by atoms with Crippen LogP contribution in [-0.2, 0) is 9.84 Å². The number of para-hydroxylation sites is 1. The Labute approximate surface area is 200 Å². The van der Waals surface area contributed by atoms with E-state index in [2.05, 4.69) is 5.32 Å². The highest BCUT2D eigenvalue weighted by Gasteiger charge is 2.32. The summed E-state index contributed by atoms with van der Waals surface area (Å²) >= 11 is 0.943. The minimum Gasteiger partial charge on any atom is -0.497 e. The Balaban J connectivity index is 1.88. The minimum atomic E-state index is -4.10. The summed E-state index contributed by atoms with van der Waals surface area (Å²) in [4.78, 5) is 13.1. The van der Waals surface area contributed by atoms with Gasteiger partial charge in [0, 0.05) is 11.3 Å². The van der Waals surface area contributed by atoms with E-state index in [0.29, 0.717) is 11.4 Å². The number of nitrogens with two attached hydrogens (primary N) is 1. The molecule has 0 spiro atoms. The van der Waals surface area contributed by atoms with Gasteiger partial charge in [0.05, 0.1) is 17.7 Å². The van der Waals surface area contributed by atoms with Crippen LogP contribution in [0.25, 0.3) is 0 Å². The Kier molecular flexibility index (Phi) is 6.41. The Hall–Kier alpha value is -3.69. The minimum absolute atomic E-state index is 0.00594. The van der Waals surface area contributed by atoms with Crippen molar-refractivity contribution in [3.05, 3.63) is 94.6 Å². The number of nitrogens with one attached hydrogen (secondary N) is 1. The molecular formula is C25H21FN2O4S2. The van der Waals surface area contributed by atoms with Gasteiger partial charge in [-0.15, -0.1) is 11.3 Å². The van der Waals surface area contributed by atoms with Gasteiger partial charge in [-0.3, -0.25) is 4.79 Å². The predicted molar refractivity (Wildman–Crippen MR) is 131 cm³/mol. The summed E-state index contributed by atoms with van der Waals surface area (Å²) in [5, 5.41) is 3.35. The van der Waals surface area contributed by atoms with Crippen molar-refractivity contribution in [2.45, 2.75) is 16.7 Å². The molecular weight excluding hydrogens is 475 g/mol. The average Bonchev–Trinajstić information content (AvgIpc) is 3.17. The van der Waals surface area contributed by atoms with Gasteiger partial charge >= 0.3 is 0 Å².